The average molecular weight is 364 g/mol. The van der Waals surface area contributed by atoms with Crippen LogP contribution >= 0.6 is 22.9 Å². The van der Waals surface area contributed by atoms with E-state index < -0.39 is 0 Å². The van der Waals surface area contributed by atoms with E-state index in [0.29, 0.717) is 0 Å². The van der Waals surface area contributed by atoms with Gasteiger partial charge in [0.05, 0.1) is 5.69 Å². The molecule has 0 atom stereocenters. The lowest BCUT2D eigenvalue weighted by molar-refractivity contribution is -0.139. The monoisotopic (exact) mass is 363 g/mol. The number of carbonyl (C=O) groups excluding carboxylic acids is 1. The molecule has 1 aliphatic heterocycles. The van der Waals surface area contributed by atoms with Gasteiger partial charge in [-0.25, -0.2) is 4.98 Å². The van der Waals surface area contributed by atoms with Gasteiger partial charge in [0.25, 0.3) is 0 Å². The Morgan fingerprint density at radius 2 is 1.83 bits per heavy atom. The van der Waals surface area contributed by atoms with E-state index in [1.165, 1.54) is 0 Å². The van der Waals surface area contributed by atoms with Crippen LogP contribution in [-0.4, -0.2) is 42.0 Å². The standard InChI is InChI=1S/C18H22ClN3OS/c1-18(2,3)16(23)21-8-10-22(11-9-21)17-20-15(12-24-17)13-6-4-5-7-14(13)19/h4-7,12H,8-11H2,1-3H3. The maximum absolute atomic E-state index is 12.4. The van der Waals surface area contributed by atoms with Gasteiger partial charge in [-0.05, 0) is 6.07 Å². The molecule has 0 unspecified atom stereocenters. The number of piperazine rings is 1. The SMILES string of the molecule is CC(C)(C)C(=O)N1CCN(c2nc(-c3ccccc3Cl)cs2)CC1. The van der Waals surface area contributed by atoms with E-state index in [0.717, 1.165) is 47.6 Å². The van der Waals surface area contributed by atoms with Crippen molar-refractivity contribution in [2.24, 2.45) is 5.41 Å². The molecular formula is C18H22ClN3OS. The predicted octanol–water partition coefficient (Wildman–Crippen LogP) is 4.16. The highest BCUT2D eigenvalue weighted by Crippen LogP contribution is 2.32. The van der Waals surface area contributed by atoms with E-state index in [-0.39, 0.29) is 11.3 Å². The Balaban J connectivity index is 1.68. The molecule has 6 heteroatoms. The Labute approximate surface area is 152 Å². The van der Waals surface area contributed by atoms with Crippen LogP contribution in [0, 0.1) is 5.41 Å². The lowest BCUT2D eigenvalue weighted by atomic mass is 9.94. The minimum atomic E-state index is -0.319. The van der Waals surface area contributed by atoms with Crippen LogP contribution in [-0.2, 0) is 4.79 Å². The van der Waals surface area contributed by atoms with Crippen molar-refractivity contribution in [1.29, 1.82) is 0 Å². The summed E-state index contributed by atoms with van der Waals surface area (Å²) in [6, 6.07) is 7.76. The Morgan fingerprint density at radius 3 is 2.46 bits per heavy atom. The van der Waals surface area contributed by atoms with Crippen molar-refractivity contribution in [2.45, 2.75) is 20.8 Å². The number of nitrogens with zero attached hydrogens (tertiary/aromatic N) is 3. The summed E-state index contributed by atoms with van der Waals surface area (Å²) < 4.78 is 0. The second-order valence-electron chi connectivity index (χ2n) is 7.02. The number of hydrogen-bond acceptors (Lipinski definition) is 4. The van der Waals surface area contributed by atoms with Crippen molar-refractivity contribution >= 4 is 34.0 Å². The van der Waals surface area contributed by atoms with Gasteiger partial charge in [0.1, 0.15) is 0 Å². The van der Waals surface area contributed by atoms with Gasteiger partial charge in [-0.1, -0.05) is 50.6 Å². The molecule has 3 rings (SSSR count). The van der Waals surface area contributed by atoms with E-state index in [1.54, 1.807) is 11.3 Å². The van der Waals surface area contributed by atoms with Crippen LogP contribution in [0.3, 0.4) is 0 Å². The molecule has 2 heterocycles. The van der Waals surface area contributed by atoms with Crippen LogP contribution < -0.4 is 4.90 Å². The molecular weight excluding hydrogens is 342 g/mol. The molecule has 0 spiro atoms. The Hall–Kier alpha value is -1.59. The number of benzene rings is 1. The Morgan fingerprint density at radius 1 is 1.17 bits per heavy atom. The van der Waals surface area contributed by atoms with E-state index in [4.69, 9.17) is 16.6 Å². The molecule has 1 fully saturated rings. The van der Waals surface area contributed by atoms with Crippen LogP contribution in [0.2, 0.25) is 5.02 Å². The van der Waals surface area contributed by atoms with Gasteiger partial charge in [0.2, 0.25) is 5.91 Å². The van der Waals surface area contributed by atoms with Gasteiger partial charge >= 0.3 is 0 Å². The van der Waals surface area contributed by atoms with Crippen molar-refractivity contribution in [2.75, 3.05) is 31.1 Å². The van der Waals surface area contributed by atoms with Gasteiger partial charge in [0, 0.05) is 47.6 Å². The number of halogens is 1. The van der Waals surface area contributed by atoms with E-state index in [9.17, 15) is 4.79 Å². The van der Waals surface area contributed by atoms with E-state index in [2.05, 4.69) is 4.90 Å². The summed E-state index contributed by atoms with van der Waals surface area (Å²) in [5.74, 6) is 0.220. The quantitative estimate of drug-likeness (QED) is 0.803. The second-order valence-corrected chi connectivity index (χ2v) is 8.27. The largest absolute Gasteiger partial charge is 0.345 e. The van der Waals surface area contributed by atoms with Crippen molar-refractivity contribution in [1.82, 2.24) is 9.88 Å². The fourth-order valence-corrected chi connectivity index (χ4v) is 3.89. The number of hydrogen-bond donors (Lipinski definition) is 0. The highest BCUT2D eigenvalue weighted by molar-refractivity contribution is 7.14. The summed E-state index contributed by atoms with van der Waals surface area (Å²) in [6.07, 6.45) is 0. The first-order valence-electron chi connectivity index (χ1n) is 8.11. The Bertz CT molecular complexity index is 730. The summed E-state index contributed by atoms with van der Waals surface area (Å²) >= 11 is 7.88. The molecule has 1 aromatic carbocycles. The molecule has 0 N–H and O–H groups in total. The van der Waals surface area contributed by atoms with Crippen molar-refractivity contribution in [3.05, 3.63) is 34.7 Å². The number of rotatable bonds is 2. The first kappa shape index (κ1) is 17.2. The Kier molecular flexibility index (Phi) is 4.83. The molecule has 1 aromatic heterocycles. The molecule has 1 saturated heterocycles. The summed E-state index contributed by atoms with van der Waals surface area (Å²) in [7, 11) is 0. The second kappa shape index (κ2) is 6.73. The van der Waals surface area contributed by atoms with Crippen LogP contribution in [0.1, 0.15) is 20.8 Å². The molecule has 0 bridgehead atoms. The van der Waals surface area contributed by atoms with Gasteiger partial charge < -0.3 is 9.80 Å². The normalized spacial score (nSPS) is 15.7. The topological polar surface area (TPSA) is 36.4 Å². The third-order valence-corrected chi connectivity index (χ3v) is 5.35. The molecule has 0 radical (unpaired) electrons. The smallest absolute Gasteiger partial charge is 0.228 e. The number of thiazole rings is 1. The van der Waals surface area contributed by atoms with Crippen LogP contribution in [0.15, 0.2) is 29.6 Å². The van der Waals surface area contributed by atoms with Gasteiger partial charge in [-0.15, -0.1) is 11.3 Å². The highest BCUT2D eigenvalue weighted by Gasteiger charge is 2.30. The summed E-state index contributed by atoms with van der Waals surface area (Å²) in [4.78, 5) is 21.3. The summed E-state index contributed by atoms with van der Waals surface area (Å²) in [5.41, 5.74) is 1.55. The van der Waals surface area contributed by atoms with Crippen molar-refractivity contribution in [3.63, 3.8) is 0 Å². The number of anilines is 1. The minimum Gasteiger partial charge on any atom is -0.345 e. The molecule has 1 aliphatic rings. The van der Waals surface area contributed by atoms with Crippen molar-refractivity contribution < 1.29 is 4.79 Å². The third-order valence-electron chi connectivity index (χ3n) is 4.12. The first-order valence-corrected chi connectivity index (χ1v) is 9.37. The van der Waals surface area contributed by atoms with E-state index >= 15 is 0 Å². The molecule has 24 heavy (non-hydrogen) atoms. The zero-order chi connectivity index (χ0) is 17.3. The zero-order valence-corrected chi connectivity index (χ0v) is 15.8. The molecule has 128 valence electrons. The van der Waals surface area contributed by atoms with Gasteiger partial charge in [-0.3, -0.25) is 4.79 Å². The lowest BCUT2D eigenvalue weighted by Gasteiger charge is -2.37. The van der Waals surface area contributed by atoms with Gasteiger partial charge in [0.15, 0.2) is 5.13 Å². The highest BCUT2D eigenvalue weighted by atomic mass is 35.5. The summed E-state index contributed by atoms with van der Waals surface area (Å²) in [6.45, 7) is 9.04. The minimum absolute atomic E-state index is 0.220. The lowest BCUT2D eigenvalue weighted by Crippen LogP contribution is -2.51. The molecule has 1 amide bonds. The molecule has 0 aliphatic carbocycles. The predicted molar refractivity (Wildman–Crippen MR) is 101 cm³/mol. The van der Waals surface area contributed by atoms with Gasteiger partial charge in [-0.2, -0.15) is 0 Å². The number of carbonyl (C=O) groups is 1. The average Bonchev–Trinajstić information content (AvgIpc) is 3.03. The maximum atomic E-state index is 12.4. The number of aromatic nitrogens is 1. The maximum Gasteiger partial charge on any atom is 0.228 e. The van der Waals surface area contributed by atoms with Crippen LogP contribution in [0.4, 0.5) is 5.13 Å². The van der Waals surface area contributed by atoms with Crippen molar-refractivity contribution in [3.8, 4) is 11.3 Å². The van der Waals surface area contributed by atoms with Crippen LogP contribution in [0.25, 0.3) is 11.3 Å². The fourth-order valence-electron chi connectivity index (χ4n) is 2.78. The third kappa shape index (κ3) is 3.57. The zero-order valence-electron chi connectivity index (χ0n) is 14.3. The molecule has 4 nitrogen and oxygen atoms in total. The summed E-state index contributed by atoms with van der Waals surface area (Å²) in [5, 5.41) is 3.76. The number of amides is 1. The van der Waals surface area contributed by atoms with Crippen LogP contribution in [0.5, 0.6) is 0 Å². The molecule has 0 saturated carbocycles. The first-order chi connectivity index (χ1) is 11.4. The fraction of sp³-hybridized carbons (Fsp3) is 0.444. The van der Waals surface area contributed by atoms with E-state index in [1.807, 2.05) is 55.3 Å². The molecule has 2 aromatic rings.